The van der Waals surface area contributed by atoms with Gasteiger partial charge in [-0.25, -0.2) is 4.79 Å². The average molecular weight is 372 g/mol. The number of carbonyl (C=O) groups excluding carboxylic acids is 2. The fourth-order valence-corrected chi connectivity index (χ4v) is 4.38. The molecule has 146 valence electrons. The van der Waals surface area contributed by atoms with Gasteiger partial charge in [0.25, 0.3) is 5.91 Å². The van der Waals surface area contributed by atoms with Crippen LogP contribution >= 0.6 is 0 Å². The largest absolute Gasteiger partial charge is 0.493 e. The van der Waals surface area contributed by atoms with Crippen molar-refractivity contribution in [3.05, 3.63) is 29.3 Å². The van der Waals surface area contributed by atoms with Gasteiger partial charge in [-0.1, -0.05) is 6.42 Å². The van der Waals surface area contributed by atoms with Gasteiger partial charge in [-0.15, -0.1) is 0 Å². The average Bonchev–Trinajstić information content (AvgIpc) is 2.91. The number of fused-ring (bicyclic) bond motifs is 2. The predicted octanol–water partition coefficient (Wildman–Crippen LogP) is 2.62. The van der Waals surface area contributed by atoms with Crippen molar-refractivity contribution in [2.24, 2.45) is 5.92 Å². The van der Waals surface area contributed by atoms with Crippen molar-refractivity contribution < 1.29 is 19.1 Å². The molecule has 4 rings (SSSR count). The molecule has 2 bridgehead atoms. The lowest BCUT2D eigenvalue weighted by Gasteiger charge is -2.28. The summed E-state index contributed by atoms with van der Waals surface area (Å²) in [6, 6.07) is 5.61. The first-order chi connectivity index (χ1) is 13.2. The van der Waals surface area contributed by atoms with Crippen LogP contribution in [0.5, 0.6) is 5.75 Å². The second kappa shape index (κ2) is 7.89. The zero-order chi connectivity index (χ0) is 18.8. The van der Waals surface area contributed by atoms with Gasteiger partial charge < -0.3 is 19.7 Å². The highest BCUT2D eigenvalue weighted by atomic mass is 16.5. The van der Waals surface area contributed by atoms with Crippen LogP contribution in [0.4, 0.5) is 0 Å². The van der Waals surface area contributed by atoms with Gasteiger partial charge in [0.2, 0.25) is 0 Å². The number of esters is 1. The van der Waals surface area contributed by atoms with Gasteiger partial charge in [0.1, 0.15) is 5.75 Å². The van der Waals surface area contributed by atoms with Crippen molar-refractivity contribution in [3.8, 4) is 5.75 Å². The second-order valence-electron chi connectivity index (χ2n) is 7.94. The van der Waals surface area contributed by atoms with Crippen molar-refractivity contribution in [2.75, 3.05) is 26.8 Å². The number of rotatable bonds is 5. The summed E-state index contributed by atoms with van der Waals surface area (Å²) in [6.45, 7) is 2.42. The Morgan fingerprint density at radius 1 is 1.07 bits per heavy atom. The molecule has 0 spiro atoms. The van der Waals surface area contributed by atoms with Crippen LogP contribution in [0, 0.1) is 5.92 Å². The molecule has 1 N–H and O–H groups in total. The molecular formula is C21H28N2O4. The summed E-state index contributed by atoms with van der Waals surface area (Å²) in [4.78, 5) is 27.5. The standard InChI is InChI=1S/C21H28N2O4/c1-26-21(25)16-9-15(10-19(11-16)27-13-14-3-2-4-14)20(24)23-17-5-6-18(23)12-22-8-7-17/h9-11,14,17-18,22H,2-8,12-13H2,1H3. The Bertz CT molecular complexity index is 702. The van der Waals surface area contributed by atoms with E-state index in [0.29, 0.717) is 29.4 Å². The highest BCUT2D eigenvalue weighted by Crippen LogP contribution is 2.31. The molecule has 2 atom stereocenters. The molecule has 3 fully saturated rings. The number of carbonyl (C=O) groups is 2. The van der Waals surface area contributed by atoms with E-state index in [0.717, 1.165) is 32.4 Å². The van der Waals surface area contributed by atoms with Gasteiger partial charge in [-0.05, 0) is 62.8 Å². The molecule has 1 saturated carbocycles. The SMILES string of the molecule is COC(=O)c1cc(OCC2CCC2)cc(C(=O)N2C3CCNCC2CC3)c1. The van der Waals surface area contributed by atoms with Gasteiger partial charge in [-0.3, -0.25) is 4.79 Å². The van der Waals surface area contributed by atoms with E-state index in [2.05, 4.69) is 5.32 Å². The van der Waals surface area contributed by atoms with E-state index in [-0.39, 0.29) is 18.0 Å². The Labute approximate surface area is 160 Å². The maximum absolute atomic E-state index is 13.3. The molecule has 0 radical (unpaired) electrons. The number of hydrogen-bond donors (Lipinski definition) is 1. The highest BCUT2D eigenvalue weighted by Gasteiger charge is 2.38. The lowest BCUT2D eigenvalue weighted by Crippen LogP contribution is -2.42. The van der Waals surface area contributed by atoms with Crippen molar-refractivity contribution in [3.63, 3.8) is 0 Å². The lowest BCUT2D eigenvalue weighted by molar-refractivity contribution is 0.0600. The minimum absolute atomic E-state index is 0.00885. The van der Waals surface area contributed by atoms with Crippen molar-refractivity contribution in [2.45, 2.75) is 50.6 Å². The van der Waals surface area contributed by atoms with E-state index in [9.17, 15) is 9.59 Å². The molecule has 2 aliphatic heterocycles. The van der Waals surface area contributed by atoms with Crippen molar-refractivity contribution in [1.82, 2.24) is 10.2 Å². The van der Waals surface area contributed by atoms with E-state index >= 15 is 0 Å². The number of nitrogens with zero attached hydrogens (tertiary/aromatic N) is 1. The monoisotopic (exact) mass is 372 g/mol. The smallest absolute Gasteiger partial charge is 0.338 e. The number of methoxy groups -OCH3 is 1. The van der Waals surface area contributed by atoms with Crippen molar-refractivity contribution >= 4 is 11.9 Å². The van der Waals surface area contributed by atoms with Crippen LogP contribution in [-0.2, 0) is 4.74 Å². The first-order valence-corrected chi connectivity index (χ1v) is 10.1. The minimum Gasteiger partial charge on any atom is -0.493 e. The first kappa shape index (κ1) is 18.3. The molecule has 0 aromatic heterocycles. The molecule has 1 aromatic carbocycles. The van der Waals surface area contributed by atoms with E-state index in [4.69, 9.17) is 9.47 Å². The van der Waals surface area contributed by atoms with Crippen molar-refractivity contribution in [1.29, 1.82) is 0 Å². The van der Waals surface area contributed by atoms with Crippen LogP contribution in [0.2, 0.25) is 0 Å². The Morgan fingerprint density at radius 3 is 2.59 bits per heavy atom. The fourth-order valence-electron chi connectivity index (χ4n) is 4.38. The van der Waals surface area contributed by atoms with Gasteiger partial charge in [0.05, 0.1) is 19.3 Å². The molecule has 27 heavy (non-hydrogen) atoms. The molecule has 2 heterocycles. The third kappa shape index (κ3) is 3.81. The minimum atomic E-state index is -0.446. The zero-order valence-corrected chi connectivity index (χ0v) is 15.9. The first-order valence-electron chi connectivity index (χ1n) is 10.1. The van der Waals surface area contributed by atoms with Gasteiger partial charge in [0.15, 0.2) is 0 Å². The molecule has 6 heteroatoms. The topological polar surface area (TPSA) is 67.9 Å². The molecular weight excluding hydrogens is 344 g/mol. The summed E-state index contributed by atoms with van der Waals surface area (Å²) in [7, 11) is 1.35. The number of benzene rings is 1. The molecule has 1 aromatic rings. The van der Waals surface area contributed by atoms with Gasteiger partial charge in [0, 0.05) is 24.2 Å². The van der Waals surface area contributed by atoms with Gasteiger partial charge in [-0.2, -0.15) is 0 Å². The quantitative estimate of drug-likeness (QED) is 0.805. The van der Waals surface area contributed by atoms with Crippen LogP contribution in [0.1, 0.15) is 59.2 Å². The molecule has 2 unspecified atom stereocenters. The summed E-state index contributed by atoms with van der Waals surface area (Å²) in [5, 5.41) is 3.42. The van der Waals surface area contributed by atoms with Crippen LogP contribution in [0.15, 0.2) is 18.2 Å². The maximum atomic E-state index is 13.3. The molecule has 2 saturated heterocycles. The Kier molecular flexibility index (Phi) is 5.34. The highest BCUT2D eigenvalue weighted by molar-refractivity contribution is 5.99. The van der Waals surface area contributed by atoms with E-state index in [1.807, 2.05) is 4.90 Å². The van der Waals surface area contributed by atoms with Crippen LogP contribution in [-0.4, -0.2) is 55.7 Å². The van der Waals surface area contributed by atoms with E-state index < -0.39 is 5.97 Å². The summed E-state index contributed by atoms with van der Waals surface area (Å²) in [6.07, 6.45) is 6.69. The van der Waals surface area contributed by atoms with Gasteiger partial charge >= 0.3 is 5.97 Å². The molecule has 1 aliphatic carbocycles. The number of hydrogen-bond acceptors (Lipinski definition) is 5. The Balaban J connectivity index is 1.59. The Hall–Kier alpha value is -2.08. The zero-order valence-electron chi connectivity index (χ0n) is 15.9. The van der Waals surface area contributed by atoms with E-state index in [1.165, 1.54) is 26.4 Å². The molecule has 3 aliphatic rings. The summed E-state index contributed by atoms with van der Waals surface area (Å²) >= 11 is 0. The van der Waals surface area contributed by atoms with E-state index in [1.54, 1.807) is 18.2 Å². The van der Waals surface area contributed by atoms with Crippen LogP contribution in [0.3, 0.4) is 0 Å². The summed E-state index contributed by atoms with van der Waals surface area (Å²) < 4.78 is 10.8. The van der Waals surface area contributed by atoms with Crippen LogP contribution in [0.25, 0.3) is 0 Å². The Morgan fingerprint density at radius 2 is 1.85 bits per heavy atom. The third-order valence-electron chi connectivity index (χ3n) is 6.17. The normalized spacial score (nSPS) is 24.9. The molecule has 6 nitrogen and oxygen atoms in total. The maximum Gasteiger partial charge on any atom is 0.338 e. The molecule has 1 amide bonds. The summed E-state index contributed by atoms with van der Waals surface area (Å²) in [5.41, 5.74) is 0.882. The number of ether oxygens (including phenoxy) is 2. The number of nitrogens with one attached hydrogen (secondary N) is 1. The summed E-state index contributed by atoms with van der Waals surface area (Å²) in [5.74, 6) is 0.705. The number of amides is 1. The lowest BCUT2D eigenvalue weighted by atomic mass is 9.86. The fraction of sp³-hybridized carbons (Fsp3) is 0.619. The predicted molar refractivity (Wildman–Crippen MR) is 101 cm³/mol. The third-order valence-corrected chi connectivity index (χ3v) is 6.17. The van der Waals surface area contributed by atoms with Crippen LogP contribution < -0.4 is 10.1 Å². The second-order valence-corrected chi connectivity index (χ2v) is 7.94.